The molecule has 1 aromatic heterocycles. The van der Waals surface area contributed by atoms with Crippen LogP contribution in [0.5, 0.6) is 0 Å². The fourth-order valence-corrected chi connectivity index (χ4v) is 4.69. The molecule has 4 nitrogen and oxygen atoms in total. The number of aromatic nitrogens is 1. The first kappa shape index (κ1) is 13.9. The van der Waals surface area contributed by atoms with Gasteiger partial charge in [-0.15, -0.1) is 0 Å². The van der Waals surface area contributed by atoms with Crippen molar-refractivity contribution in [3.8, 4) is 0 Å². The van der Waals surface area contributed by atoms with Crippen LogP contribution < -0.4 is 5.32 Å². The van der Waals surface area contributed by atoms with Crippen LogP contribution in [0, 0.1) is 11.3 Å². The summed E-state index contributed by atoms with van der Waals surface area (Å²) >= 11 is 1.47. The molecule has 1 aliphatic carbocycles. The Labute approximate surface area is 124 Å². The third kappa shape index (κ3) is 2.03. The van der Waals surface area contributed by atoms with E-state index in [2.05, 4.69) is 29.0 Å². The molecule has 0 bridgehead atoms. The fourth-order valence-electron chi connectivity index (χ4n) is 3.85. The van der Waals surface area contributed by atoms with Gasteiger partial charge in [0.25, 0.3) is 5.91 Å². The second kappa shape index (κ2) is 5.02. The first-order valence-electron chi connectivity index (χ1n) is 7.58. The van der Waals surface area contributed by atoms with Gasteiger partial charge in [-0.05, 0) is 25.7 Å². The average molecular weight is 293 g/mol. The number of hydrogen-bond acceptors (Lipinski definition) is 4. The molecule has 2 heterocycles. The molecule has 1 amide bonds. The van der Waals surface area contributed by atoms with Gasteiger partial charge in [-0.25, -0.2) is 4.98 Å². The van der Waals surface area contributed by atoms with Gasteiger partial charge >= 0.3 is 0 Å². The lowest BCUT2D eigenvalue weighted by Crippen LogP contribution is -2.70. The SMILES string of the molecule is CCNc1ncc(C(=O)N2CC3(CCC3)C2C(C)C)s1. The van der Waals surface area contributed by atoms with E-state index in [1.54, 1.807) is 6.20 Å². The Morgan fingerprint density at radius 1 is 1.60 bits per heavy atom. The van der Waals surface area contributed by atoms with Crippen molar-refractivity contribution in [3.63, 3.8) is 0 Å². The number of hydrogen-bond donors (Lipinski definition) is 1. The van der Waals surface area contributed by atoms with E-state index < -0.39 is 0 Å². The van der Waals surface area contributed by atoms with Gasteiger partial charge in [-0.1, -0.05) is 31.6 Å². The zero-order chi connectivity index (χ0) is 14.3. The number of nitrogens with one attached hydrogen (secondary N) is 1. The predicted octanol–water partition coefficient (Wildman–Crippen LogP) is 3.23. The van der Waals surface area contributed by atoms with Gasteiger partial charge < -0.3 is 10.2 Å². The maximum Gasteiger partial charge on any atom is 0.265 e. The summed E-state index contributed by atoms with van der Waals surface area (Å²) in [5, 5.41) is 4.01. The van der Waals surface area contributed by atoms with E-state index in [-0.39, 0.29) is 5.91 Å². The largest absolute Gasteiger partial charge is 0.362 e. The van der Waals surface area contributed by atoms with Gasteiger partial charge in [-0.3, -0.25) is 4.79 Å². The van der Waals surface area contributed by atoms with E-state index in [9.17, 15) is 4.79 Å². The molecule has 110 valence electrons. The maximum absolute atomic E-state index is 12.7. The first-order valence-corrected chi connectivity index (χ1v) is 8.40. The number of amides is 1. The number of anilines is 1. The highest BCUT2D eigenvalue weighted by atomic mass is 32.1. The molecule has 5 heteroatoms. The number of nitrogens with zero attached hydrogens (tertiary/aromatic N) is 2. The lowest BCUT2D eigenvalue weighted by Gasteiger charge is -2.64. The van der Waals surface area contributed by atoms with Gasteiger partial charge in [0, 0.05) is 24.5 Å². The highest BCUT2D eigenvalue weighted by Crippen LogP contribution is 2.55. The van der Waals surface area contributed by atoms with Crippen LogP contribution in [-0.2, 0) is 0 Å². The molecule has 3 rings (SSSR count). The summed E-state index contributed by atoms with van der Waals surface area (Å²) in [5.41, 5.74) is 0.443. The third-order valence-electron chi connectivity index (χ3n) is 4.73. The molecule has 20 heavy (non-hydrogen) atoms. The Bertz CT molecular complexity index is 507. The molecular weight excluding hydrogens is 270 g/mol. The van der Waals surface area contributed by atoms with Crippen molar-refractivity contribution in [1.82, 2.24) is 9.88 Å². The van der Waals surface area contributed by atoms with Crippen LogP contribution in [0.4, 0.5) is 5.13 Å². The molecule has 2 fully saturated rings. The van der Waals surface area contributed by atoms with E-state index >= 15 is 0 Å². The van der Waals surface area contributed by atoms with E-state index in [4.69, 9.17) is 0 Å². The summed E-state index contributed by atoms with van der Waals surface area (Å²) < 4.78 is 0. The van der Waals surface area contributed by atoms with Crippen molar-refractivity contribution in [2.75, 3.05) is 18.4 Å². The Kier molecular flexibility index (Phi) is 3.48. The highest BCUT2D eigenvalue weighted by Gasteiger charge is 2.58. The molecule has 2 aliphatic rings. The van der Waals surface area contributed by atoms with Crippen molar-refractivity contribution >= 4 is 22.4 Å². The smallest absolute Gasteiger partial charge is 0.265 e. The van der Waals surface area contributed by atoms with Crippen molar-refractivity contribution in [1.29, 1.82) is 0 Å². The normalized spacial score (nSPS) is 23.6. The van der Waals surface area contributed by atoms with Crippen LogP contribution in [0.25, 0.3) is 0 Å². The fraction of sp³-hybridized carbons (Fsp3) is 0.733. The minimum absolute atomic E-state index is 0.169. The van der Waals surface area contributed by atoms with Crippen LogP contribution in [0.3, 0.4) is 0 Å². The third-order valence-corrected chi connectivity index (χ3v) is 5.68. The molecule has 1 unspecified atom stereocenters. The summed E-state index contributed by atoms with van der Waals surface area (Å²) in [4.78, 5) is 19.8. The number of carbonyl (C=O) groups excluding carboxylic acids is 1. The van der Waals surface area contributed by atoms with Gasteiger partial charge in [0.05, 0.1) is 6.20 Å². The maximum atomic E-state index is 12.7. The van der Waals surface area contributed by atoms with Gasteiger partial charge in [0.1, 0.15) is 4.88 Å². The van der Waals surface area contributed by atoms with Crippen LogP contribution in [0.1, 0.15) is 49.7 Å². The monoisotopic (exact) mass is 293 g/mol. The Hall–Kier alpha value is -1.10. The lowest BCUT2D eigenvalue weighted by atomic mass is 9.55. The Morgan fingerprint density at radius 3 is 2.90 bits per heavy atom. The number of rotatable bonds is 4. The summed E-state index contributed by atoms with van der Waals surface area (Å²) in [5.74, 6) is 0.706. The summed E-state index contributed by atoms with van der Waals surface area (Å²) in [6.45, 7) is 8.29. The summed E-state index contributed by atoms with van der Waals surface area (Å²) in [7, 11) is 0. The van der Waals surface area contributed by atoms with Gasteiger partial charge in [-0.2, -0.15) is 0 Å². The molecule has 1 saturated heterocycles. The molecule has 0 radical (unpaired) electrons. The van der Waals surface area contributed by atoms with Gasteiger partial charge in [0.2, 0.25) is 0 Å². The van der Waals surface area contributed by atoms with Crippen molar-refractivity contribution < 1.29 is 4.79 Å². The summed E-state index contributed by atoms with van der Waals surface area (Å²) in [6.07, 6.45) is 5.64. The van der Waals surface area contributed by atoms with Crippen molar-refractivity contribution in [2.24, 2.45) is 11.3 Å². The van der Waals surface area contributed by atoms with Crippen molar-refractivity contribution in [3.05, 3.63) is 11.1 Å². The second-order valence-corrected chi connectivity index (χ2v) is 7.43. The first-order chi connectivity index (χ1) is 9.57. The van der Waals surface area contributed by atoms with E-state index in [1.807, 2.05) is 6.92 Å². The predicted molar refractivity (Wildman–Crippen MR) is 82.2 cm³/mol. The summed E-state index contributed by atoms with van der Waals surface area (Å²) in [6, 6.07) is 0.424. The molecule has 1 aliphatic heterocycles. The Morgan fingerprint density at radius 2 is 2.35 bits per heavy atom. The van der Waals surface area contributed by atoms with E-state index in [0.717, 1.165) is 23.1 Å². The zero-order valence-electron chi connectivity index (χ0n) is 12.5. The topological polar surface area (TPSA) is 45.2 Å². The number of likely N-dealkylation sites (tertiary alicyclic amines) is 1. The minimum Gasteiger partial charge on any atom is -0.362 e. The van der Waals surface area contributed by atoms with Crippen LogP contribution in [-0.4, -0.2) is 34.9 Å². The Balaban J connectivity index is 1.73. The van der Waals surface area contributed by atoms with E-state index in [0.29, 0.717) is 17.4 Å². The lowest BCUT2D eigenvalue weighted by molar-refractivity contribution is -0.120. The molecule has 1 saturated carbocycles. The second-order valence-electron chi connectivity index (χ2n) is 6.40. The van der Waals surface area contributed by atoms with Crippen molar-refractivity contribution in [2.45, 2.75) is 46.1 Å². The molecule has 1 N–H and O–H groups in total. The molecule has 1 aromatic rings. The van der Waals surface area contributed by atoms with Gasteiger partial charge in [0.15, 0.2) is 5.13 Å². The number of thiazole rings is 1. The van der Waals surface area contributed by atoms with Crippen LogP contribution in [0.2, 0.25) is 0 Å². The molecule has 0 aromatic carbocycles. The molecule has 1 spiro atoms. The standard InChI is InChI=1S/C15H23N3OS/c1-4-16-14-17-8-11(20-14)13(19)18-9-15(6-5-7-15)12(18)10(2)3/h8,10,12H,4-7,9H2,1-3H3,(H,16,17). The highest BCUT2D eigenvalue weighted by molar-refractivity contribution is 7.17. The zero-order valence-corrected chi connectivity index (χ0v) is 13.3. The van der Waals surface area contributed by atoms with E-state index in [1.165, 1.54) is 30.6 Å². The minimum atomic E-state index is 0.169. The average Bonchev–Trinajstić information content (AvgIpc) is 2.74. The molecular formula is C15H23N3OS. The number of carbonyl (C=O) groups is 1. The van der Waals surface area contributed by atoms with Crippen LogP contribution >= 0.6 is 11.3 Å². The quantitative estimate of drug-likeness (QED) is 0.927. The van der Waals surface area contributed by atoms with Crippen LogP contribution in [0.15, 0.2) is 6.20 Å². The molecule has 1 atom stereocenters.